The molecule has 0 fully saturated rings. The predicted molar refractivity (Wildman–Crippen MR) is 107 cm³/mol. The summed E-state index contributed by atoms with van der Waals surface area (Å²) >= 11 is 0. The van der Waals surface area contributed by atoms with Gasteiger partial charge in [0.05, 0.1) is 24.4 Å². The summed E-state index contributed by atoms with van der Waals surface area (Å²) in [4.78, 5) is 21.7. The van der Waals surface area contributed by atoms with Crippen molar-refractivity contribution in [1.29, 1.82) is 0 Å². The molecule has 3 aromatic heterocycles. The summed E-state index contributed by atoms with van der Waals surface area (Å²) in [6.45, 7) is 3.70. The van der Waals surface area contributed by atoms with Crippen molar-refractivity contribution in [2.75, 3.05) is 12.3 Å². The Kier molecular flexibility index (Phi) is 4.40. The Morgan fingerprint density at radius 1 is 1.04 bits per heavy atom. The quantitative estimate of drug-likeness (QED) is 0.562. The molecule has 0 atom stereocenters. The highest BCUT2D eigenvalue weighted by Gasteiger charge is 2.21. The van der Waals surface area contributed by atoms with Gasteiger partial charge in [-0.2, -0.15) is 0 Å². The highest BCUT2D eigenvalue weighted by Crippen LogP contribution is 2.34. The van der Waals surface area contributed by atoms with Crippen LogP contribution in [-0.4, -0.2) is 35.9 Å². The standard InChI is InChI=1S/C20H20N6O2/c1-12-10-15(11-13(2)22-12)16-17(14-6-4-3-5-7-14)23-19(21)26-18(16)24-25(8-9-27)20(26)28/h3-7,10-11,27H,8-9H2,1-2H3,(H2,21,23). The van der Waals surface area contributed by atoms with Gasteiger partial charge in [0.15, 0.2) is 5.65 Å². The third kappa shape index (κ3) is 2.93. The van der Waals surface area contributed by atoms with E-state index < -0.39 is 5.69 Å². The summed E-state index contributed by atoms with van der Waals surface area (Å²) in [5.41, 5.74) is 10.8. The predicted octanol–water partition coefficient (Wildman–Crippen LogP) is 1.81. The number of hydrogen-bond donors (Lipinski definition) is 2. The number of fused-ring (bicyclic) bond motifs is 1. The van der Waals surface area contributed by atoms with E-state index in [1.54, 1.807) is 0 Å². The van der Waals surface area contributed by atoms with E-state index >= 15 is 0 Å². The maximum absolute atomic E-state index is 12.7. The van der Waals surface area contributed by atoms with Crippen molar-refractivity contribution in [1.82, 2.24) is 24.1 Å². The molecule has 0 aliphatic heterocycles. The molecular formula is C20H20N6O2. The molecule has 0 aliphatic carbocycles. The van der Waals surface area contributed by atoms with Gasteiger partial charge in [-0.05, 0) is 31.5 Å². The zero-order valence-corrected chi connectivity index (χ0v) is 15.6. The minimum atomic E-state index is -0.433. The maximum atomic E-state index is 12.7. The molecule has 1 aromatic carbocycles. The number of aryl methyl sites for hydroxylation is 2. The average Bonchev–Trinajstić information content (AvgIpc) is 2.98. The lowest BCUT2D eigenvalue weighted by atomic mass is 9.99. The van der Waals surface area contributed by atoms with Crippen LogP contribution in [0.25, 0.3) is 28.0 Å². The van der Waals surface area contributed by atoms with Gasteiger partial charge >= 0.3 is 5.69 Å². The SMILES string of the molecule is Cc1cc(-c2c(-c3ccccc3)nc(N)n3c(=O)n(CCO)nc23)cc(C)n1. The minimum absolute atomic E-state index is 0.0503. The molecule has 8 heteroatoms. The topological polar surface area (TPSA) is 111 Å². The molecule has 0 unspecified atom stereocenters. The first-order valence-corrected chi connectivity index (χ1v) is 8.90. The first-order valence-electron chi connectivity index (χ1n) is 8.90. The lowest BCUT2D eigenvalue weighted by Crippen LogP contribution is -2.24. The molecule has 0 saturated heterocycles. The molecule has 28 heavy (non-hydrogen) atoms. The van der Waals surface area contributed by atoms with Crippen molar-refractivity contribution in [3.05, 3.63) is 64.3 Å². The Balaban J connectivity index is 2.15. The molecule has 0 spiro atoms. The number of hydrogen-bond acceptors (Lipinski definition) is 6. The van der Waals surface area contributed by atoms with Crippen LogP contribution < -0.4 is 11.4 Å². The second-order valence-corrected chi connectivity index (χ2v) is 6.59. The van der Waals surface area contributed by atoms with Crippen LogP contribution >= 0.6 is 0 Å². The molecule has 0 radical (unpaired) electrons. The number of aliphatic hydroxyl groups is 1. The fourth-order valence-corrected chi connectivity index (χ4v) is 3.39. The number of anilines is 1. The van der Waals surface area contributed by atoms with E-state index in [9.17, 15) is 9.90 Å². The number of nitrogens with two attached hydrogens (primary N) is 1. The van der Waals surface area contributed by atoms with Crippen LogP contribution in [-0.2, 0) is 6.54 Å². The van der Waals surface area contributed by atoms with Gasteiger partial charge in [-0.15, -0.1) is 5.10 Å². The van der Waals surface area contributed by atoms with Gasteiger partial charge in [0.1, 0.15) is 0 Å². The Morgan fingerprint density at radius 2 is 1.71 bits per heavy atom. The monoisotopic (exact) mass is 376 g/mol. The number of aromatic nitrogens is 5. The van der Waals surface area contributed by atoms with Gasteiger partial charge in [0, 0.05) is 17.0 Å². The maximum Gasteiger partial charge on any atom is 0.353 e. The van der Waals surface area contributed by atoms with Gasteiger partial charge < -0.3 is 10.8 Å². The fraction of sp³-hybridized carbons (Fsp3) is 0.200. The summed E-state index contributed by atoms with van der Waals surface area (Å²) in [6, 6.07) is 13.5. The second-order valence-electron chi connectivity index (χ2n) is 6.59. The molecule has 0 saturated carbocycles. The van der Waals surface area contributed by atoms with Gasteiger partial charge in [-0.3, -0.25) is 4.98 Å². The molecule has 8 nitrogen and oxygen atoms in total. The van der Waals surface area contributed by atoms with E-state index in [0.29, 0.717) is 16.9 Å². The molecule has 4 rings (SSSR count). The van der Waals surface area contributed by atoms with Crippen molar-refractivity contribution in [3.63, 3.8) is 0 Å². The average molecular weight is 376 g/mol. The van der Waals surface area contributed by atoms with E-state index in [0.717, 1.165) is 22.5 Å². The summed E-state index contributed by atoms with van der Waals surface area (Å²) < 4.78 is 2.48. The summed E-state index contributed by atoms with van der Waals surface area (Å²) in [5, 5.41) is 13.7. The van der Waals surface area contributed by atoms with Crippen molar-refractivity contribution in [3.8, 4) is 22.4 Å². The fourth-order valence-electron chi connectivity index (χ4n) is 3.39. The highest BCUT2D eigenvalue weighted by atomic mass is 16.3. The molecule has 3 heterocycles. The Morgan fingerprint density at radius 3 is 2.36 bits per heavy atom. The number of nitrogens with zero attached hydrogens (tertiary/aromatic N) is 5. The van der Waals surface area contributed by atoms with Crippen molar-refractivity contribution < 1.29 is 5.11 Å². The largest absolute Gasteiger partial charge is 0.394 e. The lowest BCUT2D eigenvalue weighted by molar-refractivity contribution is 0.267. The van der Waals surface area contributed by atoms with Gasteiger partial charge in [0.2, 0.25) is 5.95 Å². The van der Waals surface area contributed by atoms with Crippen LogP contribution in [0.15, 0.2) is 47.3 Å². The zero-order chi connectivity index (χ0) is 19.8. The summed E-state index contributed by atoms with van der Waals surface area (Å²) in [6.07, 6.45) is 0. The van der Waals surface area contributed by atoms with Gasteiger partial charge in [-0.1, -0.05) is 30.3 Å². The molecule has 3 N–H and O–H groups in total. The van der Waals surface area contributed by atoms with Crippen LogP contribution in [0.5, 0.6) is 0 Å². The smallest absolute Gasteiger partial charge is 0.353 e. The molecule has 0 aliphatic rings. The van der Waals surface area contributed by atoms with Crippen LogP contribution in [0.3, 0.4) is 0 Å². The van der Waals surface area contributed by atoms with Crippen molar-refractivity contribution in [2.24, 2.45) is 0 Å². The van der Waals surface area contributed by atoms with E-state index in [1.165, 1.54) is 9.08 Å². The molecular weight excluding hydrogens is 356 g/mol. The van der Waals surface area contributed by atoms with Crippen LogP contribution in [0.1, 0.15) is 11.4 Å². The van der Waals surface area contributed by atoms with E-state index in [4.69, 9.17) is 5.73 Å². The number of rotatable bonds is 4. The molecule has 142 valence electrons. The zero-order valence-electron chi connectivity index (χ0n) is 15.6. The summed E-state index contributed by atoms with van der Waals surface area (Å²) in [7, 11) is 0. The highest BCUT2D eigenvalue weighted by molar-refractivity contribution is 5.90. The Bertz CT molecular complexity index is 1210. The molecule has 0 bridgehead atoms. The van der Waals surface area contributed by atoms with E-state index in [2.05, 4.69) is 15.1 Å². The first kappa shape index (κ1) is 17.9. The van der Waals surface area contributed by atoms with Crippen molar-refractivity contribution >= 4 is 11.6 Å². The first-order chi connectivity index (χ1) is 13.5. The lowest BCUT2D eigenvalue weighted by Gasteiger charge is -2.13. The molecule has 0 amide bonds. The third-order valence-electron chi connectivity index (χ3n) is 4.48. The van der Waals surface area contributed by atoms with Crippen LogP contribution in [0.2, 0.25) is 0 Å². The van der Waals surface area contributed by atoms with Crippen LogP contribution in [0.4, 0.5) is 5.95 Å². The minimum Gasteiger partial charge on any atom is -0.394 e. The number of nitrogen functional groups attached to an aromatic ring is 1. The number of benzene rings is 1. The summed E-state index contributed by atoms with van der Waals surface area (Å²) in [5.74, 6) is 0.0503. The third-order valence-corrected chi connectivity index (χ3v) is 4.48. The normalized spacial score (nSPS) is 11.2. The van der Waals surface area contributed by atoms with E-state index in [1.807, 2.05) is 56.3 Å². The van der Waals surface area contributed by atoms with E-state index in [-0.39, 0.29) is 19.1 Å². The van der Waals surface area contributed by atoms with Crippen molar-refractivity contribution in [2.45, 2.75) is 20.4 Å². The Labute approximate surface area is 160 Å². The van der Waals surface area contributed by atoms with Crippen LogP contribution in [0, 0.1) is 13.8 Å². The molecule has 4 aromatic rings. The Hall–Kier alpha value is -3.52. The number of aliphatic hydroxyl groups excluding tert-OH is 1. The second kappa shape index (κ2) is 6.90. The number of pyridine rings is 1. The van der Waals surface area contributed by atoms with Gasteiger partial charge in [0.25, 0.3) is 0 Å². The van der Waals surface area contributed by atoms with Gasteiger partial charge in [-0.25, -0.2) is 18.9 Å².